The van der Waals surface area contributed by atoms with Crippen LogP contribution in [0.4, 0.5) is 0 Å². The van der Waals surface area contributed by atoms with E-state index in [9.17, 15) is 9.59 Å². The second-order valence-corrected chi connectivity index (χ2v) is 6.52. The summed E-state index contributed by atoms with van der Waals surface area (Å²) in [5.41, 5.74) is 0. The fourth-order valence-corrected chi connectivity index (χ4v) is 3.49. The highest BCUT2D eigenvalue weighted by molar-refractivity contribution is 7.09. The molecule has 0 spiro atoms. The van der Waals surface area contributed by atoms with Crippen LogP contribution >= 0.6 is 11.3 Å². The average molecular weight is 295 g/mol. The maximum Gasteiger partial charge on any atom is 0.306 e. The molecule has 2 atom stereocenters. The van der Waals surface area contributed by atoms with Gasteiger partial charge in [0.25, 0.3) is 0 Å². The lowest BCUT2D eigenvalue weighted by Crippen LogP contribution is -2.37. The molecule has 1 heterocycles. The number of nitrogens with zero attached hydrogens (tertiary/aromatic N) is 1. The van der Waals surface area contributed by atoms with Crippen molar-refractivity contribution in [2.24, 2.45) is 11.8 Å². The van der Waals surface area contributed by atoms with E-state index in [-0.39, 0.29) is 17.7 Å². The normalized spacial score (nSPS) is 22.4. The Kier molecular flexibility index (Phi) is 5.17. The molecule has 0 bridgehead atoms. The number of hydrogen-bond donors (Lipinski definition) is 1. The van der Waals surface area contributed by atoms with Crippen molar-refractivity contribution in [2.45, 2.75) is 32.1 Å². The van der Waals surface area contributed by atoms with Crippen LogP contribution in [0, 0.1) is 11.8 Å². The van der Waals surface area contributed by atoms with Crippen LogP contribution in [0.1, 0.15) is 30.6 Å². The lowest BCUT2D eigenvalue weighted by molar-refractivity contribution is -0.145. The van der Waals surface area contributed by atoms with Crippen molar-refractivity contribution in [1.29, 1.82) is 0 Å². The smallest absolute Gasteiger partial charge is 0.306 e. The van der Waals surface area contributed by atoms with E-state index in [1.165, 1.54) is 4.88 Å². The summed E-state index contributed by atoms with van der Waals surface area (Å²) in [5.74, 6) is -1.11. The van der Waals surface area contributed by atoms with Gasteiger partial charge >= 0.3 is 5.97 Å². The van der Waals surface area contributed by atoms with E-state index < -0.39 is 5.97 Å². The number of amides is 1. The van der Waals surface area contributed by atoms with Crippen molar-refractivity contribution in [3.8, 4) is 0 Å². The maximum atomic E-state index is 12.4. The van der Waals surface area contributed by atoms with E-state index in [2.05, 4.69) is 6.07 Å². The molecular formula is C15H21NO3S. The van der Waals surface area contributed by atoms with Crippen molar-refractivity contribution in [3.05, 3.63) is 22.4 Å². The van der Waals surface area contributed by atoms with Crippen molar-refractivity contribution in [1.82, 2.24) is 4.90 Å². The number of likely N-dealkylation sites (N-methyl/N-ethyl adjacent to an activating group) is 1. The number of rotatable bonds is 5. The molecule has 20 heavy (non-hydrogen) atoms. The molecular weight excluding hydrogens is 274 g/mol. The SMILES string of the molecule is CN(CCc1cccs1)C(=O)C1CCCC(C(=O)O)C1. The number of carbonyl (C=O) groups is 2. The van der Waals surface area contributed by atoms with Crippen molar-refractivity contribution in [2.75, 3.05) is 13.6 Å². The monoisotopic (exact) mass is 295 g/mol. The Morgan fingerprint density at radius 2 is 2.15 bits per heavy atom. The van der Waals surface area contributed by atoms with Gasteiger partial charge in [0.1, 0.15) is 0 Å². The first-order valence-electron chi connectivity index (χ1n) is 7.08. The Balaban J connectivity index is 1.84. The predicted octanol–water partition coefficient (Wildman–Crippen LogP) is 2.64. The zero-order chi connectivity index (χ0) is 14.5. The summed E-state index contributed by atoms with van der Waals surface area (Å²) < 4.78 is 0. The molecule has 0 aromatic carbocycles. The van der Waals surface area contributed by atoms with Crippen LogP contribution in [0.25, 0.3) is 0 Å². The number of thiophene rings is 1. The lowest BCUT2D eigenvalue weighted by atomic mass is 9.81. The maximum absolute atomic E-state index is 12.4. The van der Waals surface area contributed by atoms with Gasteiger partial charge in [-0.05, 0) is 37.1 Å². The zero-order valence-electron chi connectivity index (χ0n) is 11.7. The quantitative estimate of drug-likeness (QED) is 0.908. The Bertz CT molecular complexity index is 458. The molecule has 0 radical (unpaired) electrons. The minimum Gasteiger partial charge on any atom is -0.481 e. The summed E-state index contributed by atoms with van der Waals surface area (Å²) in [6, 6.07) is 4.09. The summed E-state index contributed by atoms with van der Waals surface area (Å²) in [7, 11) is 1.82. The Labute approximate surface area is 123 Å². The van der Waals surface area contributed by atoms with Gasteiger partial charge in [-0.25, -0.2) is 0 Å². The number of carbonyl (C=O) groups excluding carboxylic acids is 1. The molecule has 1 aromatic heterocycles. The molecule has 1 N–H and O–H groups in total. The van der Waals surface area contributed by atoms with Gasteiger partial charge in [-0.3, -0.25) is 9.59 Å². The third kappa shape index (κ3) is 3.82. The van der Waals surface area contributed by atoms with Gasteiger partial charge in [-0.2, -0.15) is 0 Å². The molecule has 0 saturated heterocycles. The molecule has 110 valence electrons. The topological polar surface area (TPSA) is 57.6 Å². The molecule has 2 unspecified atom stereocenters. The standard InChI is InChI=1S/C15H21NO3S/c1-16(8-7-13-6-3-9-20-13)14(17)11-4-2-5-12(10-11)15(18)19/h3,6,9,11-12H,2,4-5,7-8,10H2,1H3,(H,18,19). The first-order valence-corrected chi connectivity index (χ1v) is 7.96. The summed E-state index contributed by atoms with van der Waals surface area (Å²) in [5, 5.41) is 11.1. The minimum atomic E-state index is -0.760. The minimum absolute atomic E-state index is 0.104. The van der Waals surface area contributed by atoms with E-state index in [1.807, 2.05) is 18.5 Å². The molecule has 1 fully saturated rings. The largest absolute Gasteiger partial charge is 0.481 e. The van der Waals surface area contributed by atoms with E-state index in [4.69, 9.17) is 5.11 Å². The molecule has 4 nitrogen and oxygen atoms in total. The van der Waals surface area contributed by atoms with Gasteiger partial charge in [-0.15, -0.1) is 11.3 Å². The second-order valence-electron chi connectivity index (χ2n) is 5.49. The summed E-state index contributed by atoms with van der Waals surface area (Å²) in [6.07, 6.45) is 3.74. The first-order chi connectivity index (χ1) is 9.58. The van der Waals surface area contributed by atoms with Crippen LogP contribution < -0.4 is 0 Å². The van der Waals surface area contributed by atoms with Crippen molar-refractivity contribution >= 4 is 23.2 Å². The van der Waals surface area contributed by atoms with Crippen LogP contribution in [0.3, 0.4) is 0 Å². The predicted molar refractivity (Wildman–Crippen MR) is 78.7 cm³/mol. The number of hydrogen-bond acceptors (Lipinski definition) is 3. The van der Waals surface area contributed by atoms with E-state index in [0.717, 1.165) is 19.3 Å². The highest BCUT2D eigenvalue weighted by atomic mass is 32.1. The van der Waals surface area contributed by atoms with E-state index >= 15 is 0 Å². The van der Waals surface area contributed by atoms with Gasteiger partial charge in [0.15, 0.2) is 0 Å². The van der Waals surface area contributed by atoms with Crippen molar-refractivity contribution < 1.29 is 14.7 Å². The van der Waals surface area contributed by atoms with Crippen LogP contribution in [-0.4, -0.2) is 35.5 Å². The molecule has 2 rings (SSSR count). The number of carboxylic acid groups (broad SMARTS) is 1. The van der Waals surface area contributed by atoms with Crippen LogP contribution in [0.5, 0.6) is 0 Å². The van der Waals surface area contributed by atoms with Gasteiger partial charge in [-0.1, -0.05) is 12.5 Å². The highest BCUT2D eigenvalue weighted by Crippen LogP contribution is 2.30. The molecule has 1 aliphatic rings. The lowest BCUT2D eigenvalue weighted by Gasteiger charge is -2.29. The molecule has 5 heteroatoms. The van der Waals surface area contributed by atoms with Crippen LogP contribution in [0.15, 0.2) is 17.5 Å². The molecule has 1 amide bonds. The molecule has 1 aromatic rings. The van der Waals surface area contributed by atoms with Gasteiger partial charge < -0.3 is 10.0 Å². The second kappa shape index (κ2) is 6.88. The third-order valence-corrected chi connectivity index (χ3v) is 4.96. The van der Waals surface area contributed by atoms with Crippen LogP contribution in [-0.2, 0) is 16.0 Å². The van der Waals surface area contributed by atoms with E-state index in [0.29, 0.717) is 19.4 Å². The van der Waals surface area contributed by atoms with E-state index in [1.54, 1.807) is 16.2 Å². The Morgan fingerprint density at radius 3 is 2.80 bits per heavy atom. The molecule has 0 aliphatic heterocycles. The summed E-state index contributed by atoms with van der Waals surface area (Å²) in [6.45, 7) is 0.702. The van der Waals surface area contributed by atoms with Crippen molar-refractivity contribution in [3.63, 3.8) is 0 Å². The number of carboxylic acids is 1. The zero-order valence-corrected chi connectivity index (χ0v) is 12.6. The molecule has 1 aliphatic carbocycles. The molecule has 1 saturated carbocycles. The van der Waals surface area contributed by atoms with Gasteiger partial charge in [0.05, 0.1) is 5.92 Å². The van der Waals surface area contributed by atoms with Crippen LogP contribution in [0.2, 0.25) is 0 Å². The summed E-state index contributed by atoms with van der Waals surface area (Å²) in [4.78, 5) is 26.4. The number of aliphatic carboxylic acids is 1. The summed E-state index contributed by atoms with van der Waals surface area (Å²) >= 11 is 1.70. The van der Waals surface area contributed by atoms with Gasteiger partial charge in [0, 0.05) is 24.4 Å². The van der Waals surface area contributed by atoms with Gasteiger partial charge in [0.2, 0.25) is 5.91 Å². The fourth-order valence-electron chi connectivity index (χ4n) is 2.79. The third-order valence-electron chi connectivity index (χ3n) is 4.02. The Morgan fingerprint density at radius 1 is 1.40 bits per heavy atom. The fraction of sp³-hybridized carbons (Fsp3) is 0.600. The highest BCUT2D eigenvalue weighted by Gasteiger charge is 2.32. The first kappa shape index (κ1) is 15.0. The average Bonchev–Trinajstić information content (AvgIpc) is 2.97. The Hall–Kier alpha value is -1.36.